The van der Waals surface area contributed by atoms with Crippen LogP contribution in [0, 0.1) is 0 Å². The highest BCUT2D eigenvalue weighted by atomic mass is 35.5. The van der Waals surface area contributed by atoms with E-state index in [4.69, 9.17) is 22.1 Å². The van der Waals surface area contributed by atoms with E-state index in [-0.39, 0.29) is 5.82 Å². The van der Waals surface area contributed by atoms with Crippen molar-refractivity contribution >= 4 is 29.7 Å². The quantitative estimate of drug-likeness (QED) is 0.746. The van der Waals surface area contributed by atoms with Gasteiger partial charge in [-0.15, -0.1) is 0 Å². The third-order valence-electron chi connectivity index (χ3n) is 3.66. The first-order chi connectivity index (χ1) is 12.5. The Kier molecular flexibility index (Phi) is 5.28. The molecule has 7 nitrogen and oxygen atoms in total. The van der Waals surface area contributed by atoms with Gasteiger partial charge in [0, 0.05) is 11.8 Å². The molecule has 2 aromatic carbocycles. The zero-order valence-electron chi connectivity index (χ0n) is 13.7. The fraction of sp³-hybridized carbons (Fsp3) is 0.111. The van der Waals surface area contributed by atoms with E-state index in [1.54, 1.807) is 18.2 Å². The number of hydrogen-bond donors (Lipinski definition) is 3. The number of carboxylic acid groups (broad SMARTS) is 1. The van der Waals surface area contributed by atoms with Crippen LogP contribution in [-0.4, -0.2) is 28.6 Å². The molecule has 8 heteroatoms. The normalized spacial score (nSPS) is 16.1. The Bertz CT molecular complexity index is 855. The summed E-state index contributed by atoms with van der Waals surface area (Å²) < 4.78 is 5.73. The molecule has 0 aliphatic carbocycles. The van der Waals surface area contributed by atoms with Crippen LogP contribution in [0.4, 0.5) is 10.5 Å². The molecule has 1 atom stereocenters. The number of benzene rings is 2. The molecule has 1 aliphatic rings. The van der Waals surface area contributed by atoms with Crippen molar-refractivity contribution in [3.63, 3.8) is 0 Å². The molecule has 0 saturated carbocycles. The lowest BCUT2D eigenvalue weighted by Crippen LogP contribution is -2.44. The minimum Gasteiger partial charge on any atom is -0.487 e. The number of carbonyl (C=O) groups is 1. The number of nitrogens with zero attached hydrogens (tertiary/aromatic N) is 2. The van der Waals surface area contributed by atoms with Gasteiger partial charge in [-0.1, -0.05) is 41.9 Å². The van der Waals surface area contributed by atoms with Gasteiger partial charge < -0.3 is 20.9 Å². The zero-order chi connectivity index (χ0) is 18.5. The molecule has 0 fully saturated rings. The van der Waals surface area contributed by atoms with E-state index in [1.807, 2.05) is 30.3 Å². The fourth-order valence-corrected chi connectivity index (χ4v) is 2.61. The van der Waals surface area contributed by atoms with E-state index in [2.05, 4.69) is 10.3 Å². The van der Waals surface area contributed by atoms with Gasteiger partial charge in [-0.05, 0) is 23.8 Å². The summed E-state index contributed by atoms with van der Waals surface area (Å²) in [5.41, 5.74) is 7.30. The maximum Gasteiger partial charge on any atom is 0.414 e. The van der Waals surface area contributed by atoms with E-state index in [0.29, 0.717) is 23.1 Å². The predicted molar refractivity (Wildman–Crippen MR) is 100 cm³/mol. The predicted octanol–water partition coefficient (Wildman–Crippen LogP) is 3.48. The molecule has 1 heterocycles. The zero-order valence-corrected chi connectivity index (χ0v) is 14.4. The summed E-state index contributed by atoms with van der Waals surface area (Å²) in [7, 11) is 0. The van der Waals surface area contributed by atoms with Crippen LogP contribution < -0.4 is 15.8 Å². The highest BCUT2D eigenvalue weighted by Crippen LogP contribution is 2.29. The topological polar surface area (TPSA) is 100 Å². The number of amides is 1. The Labute approximate surface area is 155 Å². The molecule has 4 N–H and O–H groups in total. The minimum absolute atomic E-state index is 0.230. The molecule has 3 rings (SSSR count). The molecule has 2 aromatic rings. The Hall–Kier alpha value is -3.19. The Morgan fingerprint density at radius 1 is 1.31 bits per heavy atom. The van der Waals surface area contributed by atoms with E-state index in [9.17, 15) is 9.90 Å². The second-order valence-electron chi connectivity index (χ2n) is 5.53. The van der Waals surface area contributed by atoms with E-state index < -0.39 is 12.3 Å². The van der Waals surface area contributed by atoms with Gasteiger partial charge in [0.2, 0.25) is 0 Å². The highest BCUT2D eigenvalue weighted by Gasteiger charge is 2.23. The van der Waals surface area contributed by atoms with Gasteiger partial charge in [-0.25, -0.2) is 14.7 Å². The minimum atomic E-state index is -1.15. The van der Waals surface area contributed by atoms with Gasteiger partial charge in [0.25, 0.3) is 0 Å². The Balaban J connectivity index is 1.69. The van der Waals surface area contributed by atoms with Crippen LogP contribution in [-0.2, 0) is 6.61 Å². The van der Waals surface area contributed by atoms with Crippen molar-refractivity contribution in [2.24, 2.45) is 10.7 Å². The summed E-state index contributed by atoms with van der Waals surface area (Å²) in [6, 6.07) is 14.9. The van der Waals surface area contributed by atoms with Crippen LogP contribution in [0.3, 0.4) is 0 Å². The lowest BCUT2D eigenvalue weighted by Gasteiger charge is -2.27. The molecule has 1 amide bonds. The summed E-state index contributed by atoms with van der Waals surface area (Å²) >= 11 is 6.28. The molecule has 0 spiro atoms. The van der Waals surface area contributed by atoms with Crippen LogP contribution >= 0.6 is 11.6 Å². The molecule has 0 aromatic heterocycles. The van der Waals surface area contributed by atoms with Crippen molar-refractivity contribution in [2.45, 2.75) is 12.8 Å². The van der Waals surface area contributed by atoms with Crippen LogP contribution in [0.2, 0.25) is 5.02 Å². The van der Waals surface area contributed by atoms with E-state index >= 15 is 0 Å². The number of nitrogens with one attached hydrogen (secondary N) is 1. The SMILES string of the molecule is NC1=CC(Nc2ccc(OCc3ccccc3)c(Cl)c2)N(C(=O)O)C=N1. The van der Waals surface area contributed by atoms with Gasteiger partial charge in [0.15, 0.2) is 0 Å². The number of hydrogen-bond acceptors (Lipinski definition) is 5. The first-order valence-electron chi connectivity index (χ1n) is 7.78. The largest absolute Gasteiger partial charge is 0.487 e. The first-order valence-corrected chi connectivity index (χ1v) is 8.16. The van der Waals surface area contributed by atoms with Crippen LogP contribution in [0.1, 0.15) is 5.56 Å². The van der Waals surface area contributed by atoms with E-state index in [1.165, 1.54) is 6.08 Å². The molecular weight excluding hydrogens is 356 g/mol. The number of nitrogens with two attached hydrogens (primary N) is 1. The van der Waals surface area contributed by atoms with Crippen molar-refractivity contribution < 1.29 is 14.6 Å². The average Bonchev–Trinajstić information content (AvgIpc) is 2.62. The summed E-state index contributed by atoms with van der Waals surface area (Å²) in [6.45, 7) is 0.401. The van der Waals surface area contributed by atoms with Gasteiger partial charge in [-0.3, -0.25) is 0 Å². The van der Waals surface area contributed by atoms with Gasteiger partial charge in [0.05, 0.1) is 5.02 Å². The maximum absolute atomic E-state index is 11.3. The second-order valence-corrected chi connectivity index (χ2v) is 5.94. The van der Waals surface area contributed by atoms with Gasteiger partial charge >= 0.3 is 6.09 Å². The summed E-state index contributed by atoms with van der Waals surface area (Å²) in [4.78, 5) is 16.1. The number of aliphatic imine (C=N–C) groups is 1. The number of rotatable bonds is 5. The smallest absolute Gasteiger partial charge is 0.414 e. The summed E-state index contributed by atoms with van der Waals surface area (Å²) in [5, 5.41) is 12.7. The molecule has 26 heavy (non-hydrogen) atoms. The molecular formula is C18H17ClN4O3. The third kappa shape index (κ3) is 4.25. The standard InChI is InChI=1S/C18H17ClN4O3/c19-14-8-13(22-17-9-16(20)21-11-23(17)18(24)25)6-7-15(14)26-10-12-4-2-1-3-5-12/h1-9,11,17,22H,10,20H2,(H,24,25). The van der Waals surface area contributed by atoms with Crippen LogP contribution in [0.15, 0.2) is 65.4 Å². The number of ether oxygens (including phenoxy) is 1. The first kappa shape index (κ1) is 17.6. The highest BCUT2D eigenvalue weighted by molar-refractivity contribution is 6.32. The second kappa shape index (κ2) is 7.79. The molecule has 0 radical (unpaired) electrons. The van der Waals surface area contributed by atoms with Crippen molar-refractivity contribution in [3.05, 3.63) is 71.0 Å². The Morgan fingerprint density at radius 3 is 2.77 bits per heavy atom. The van der Waals surface area contributed by atoms with Crippen LogP contribution in [0.5, 0.6) is 5.75 Å². The summed E-state index contributed by atoms with van der Waals surface area (Å²) in [5.74, 6) is 0.769. The maximum atomic E-state index is 11.3. The van der Waals surface area contributed by atoms with Gasteiger partial charge in [0.1, 0.15) is 30.7 Å². The monoisotopic (exact) mass is 372 g/mol. The fourth-order valence-electron chi connectivity index (χ4n) is 2.38. The van der Waals surface area contributed by atoms with Crippen molar-refractivity contribution in [1.29, 1.82) is 0 Å². The van der Waals surface area contributed by atoms with E-state index in [0.717, 1.165) is 16.8 Å². The molecule has 134 valence electrons. The van der Waals surface area contributed by atoms with Crippen molar-refractivity contribution in [3.8, 4) is 5.75 Å². The number of anilines is 1. The number of halogens is 1. The average molecular weight is 373 g/mol. The van der Waals surface area contributed by atoms with Crippen LogP contribution in [0.25, 0.3) is 0 Å². The summed E-state index contributed by atoms with van der Waals surface area (Å²) in [6.07, 6.45) is 0.830. The Morgan fingerprint density at radius 2 is 2.08 bits per heavy atom. The molecule has 1 unspecified atom stereocenters. The molecule has 0 bridgehead atoms. The molecule has 0 saturated heterocycles. The molecule has 1 aliphatic heterocycles. The van der Waals surface area contributed by atoms with Crippen molar-refractivity contribution in [2.75, 3.05) is 5.32 Å². The van der Waals surface area contributed by atoms with Crippen molar-refractivity contribution in [1.82, 2.24) is 4.90 Å². The third-order valence-corrected chi connectivity index (χ3v) is 3.96. The lowest BCUT2D eigenvalue weighted by atomic mass is 10.2. The lowest BCUT2D eigenvalue weighted by molar-refractivity contribution is 0.166. The van der Waals surface area contributed by atoms with Gasteiger partial charge in [-0.2, -0.15) is 0 Å².